The minimum absolute atomic E-state index is 0.581. The SMILES string of the molecule is Cc1ccc(COc2ccc3ccccc3c2Br)cc1C. The summed E-state index contributed by atoms with van der Waals surface area (Å²) < 4.78 is 7.00. The summed E-state index contributed by atoms with van der Waals surface area (Å²) in [5.74, 6) is 0.881. The van der Waals surface area contributed by atoms with E-state index in [1.54, 1.807) is 0 Å². The lowest BCUT2D eigenvalue weighted by Crippen LogP contribution is -1.97. The minimum atomic E-state index is 0.581. The second-order valence-corrected chi connectivity index (χ2v) is 6.10. The zero-order valence-electron chi connectivity index (χ0n) is 12.2. The minimum Gasteiger partial charge on any atom is -0.488 e. The lowest BCUT2D eigenvalue weighted by Gasteiger charge is -2.11. The molecular formula is C19H17BrO. The van der Waals surface area contributed by atoms with Crippen molar-refractivity contribution in [1.82, 2.24) is 0 Å². The molecule has 0 N–H and O–H groups in total. The van der Waals surface area contributed by atoms with E-state index < -0.39 is 0 Å². The van der Waals surface area contributed by atoms with Crippen LogP contribution in [0.2, 0.25) is 0 Å². The van der Waals surface area contributed by atoms with Crippen LogP contribution in [0.25, 0.3) is 10.8 Å². The molecular weight excluding hydrogens is 324 g/mol. The monoisotopic (exact) mass is 340 g/mol. The van der Waals surface area contributed by atoms with E-state index in [0.29, 0.717) is 6.61 Å². The molecule has 21 heavy (non-hydrogen) atoms. The van der Waals surface area contributed by atoms with Crippen molar-refractivity contribution in [2.24, 2.45) is 0 Å². The second-order valence-electron chi connectivity index (χ2n) is 5.31. The lowest BCUT2D eigenvalue weighted by molar-refractivity contribution is 0.304. The normalized spacial score (nSPS) is 10.8. The standard InChI is InChI=1S/C19H17BrO/c1-13-7-8-15(11-14(13)2)12-21-18-10-9-16-5-3-4-6-17(16)19(18)20/h3-11H,12H2,1-2H3. The van der Waals surface area contributed by atoms with Gasteiger partial charge in [-0.1, -0.05) is 48.5 Å². The Labute approximate surface area is 133 Å². The van der Waals surface area contributed by atoms with Crippen molar-refractivity contribution in [1.29, 1.82) is 0 Å². The maximum atomic E-state index is 5.98. The summed E-state index contributed by atoms with van der Waals surface area (Å²) in [6.07, 6.45) is 0. The molecule has 0 saturated heterocycles. The van der Waals surface area contributed by atoms with Gasteiger partial charge in [0.1, 0.15) is 12.4 Å². The van der Waals surface area contributed by atoms with Gasteiger partial charge in [0.2, 0.25) is 0 Å². The maximum absolute atomic E-state index is 5.98. The fraction of sp³-hybridized carbons (Fsp3) is 0.158. The van der Waals surface area contributed by atoms with Crippen molar-refractivity contribution in [3.63, 3.8) is 0 Å². The molecule has 0 fully saturated rings. The lowest BCUT2D eigenvalue weighted by atomic mass is 10.1. The first kappa shape index (κ1) is 14.2. The summed E-state index contributed by atoms with van der Waals surface area (Å²) in [4.78, 5) is 0. The highest BCUT2D eigenvalue weighted by molar-refractivity contribution is 9.10. The molecule has 0 aliphatic rings. The molecule has 1 nitrogen and oxygen atoms in total. The number of hydrogen-bond donors (Lipinski definition) is 0. The van der Waals surface area contributed by atoms with E-state index in [1.807, 2.05) is 18.2 Å². The number of fused-ring (bicyclic) bond motifs is 1. The molecule has 0 saturated carbocycles. The smallest absolute Gasteiger partial charge is 0.134 e. The van der Waals surface area contributed by atoms with Crippen LogP contribution in [0.3, 0.4) is 0 Å². The van der Waals surface area contributed by atoms with Crippen LogP contribution >= 0.6 is 15.9 Å². The Morgan fingerprint density at radius 3 is 2.52 bits per heavy atom. The Kier molecular flexibility index (Phi) is 3.98. The topological polar surface area (TPSA) is 9.23 Å². The summed E-state index contributed by atoms with van der Waals surface area (Å²) >= 11 is 3.66. The Hall–Kier alpha value is -1.80. The highest BCUT2D eigenvalue weighted by Gasteiger charge is 2.06. The van der Waals surface area contributed by atoms with Crippen LogP contribution in [-0.4, -0.2) is 0 Å². The molecule has 0 heterocycles. The van der Waals surface area contributed by atoms with Crippen molar-refractivity contribution >= 4 is 26.7 Å². The highest BCUT2D eigenvalue weighted by Crippen LogP contribution is 2.33. The van der Waals surface area contributed by atoms with Crippen molar-refractivity contribution in [2.75, 3.05) is 0 Å². The average Bonchev–Trinajstić information content (AvgIpc) is 2.50. The Morgan fingerprint density at radius 2 is 1.71 bits per heavy atom. The predicted molar refractivity (Wildman–Crippen MR) is 91.9 cm³/mol. The van der Waals surface area contributed by atoms with Crippen LogP contribution in [0.5, 0.6) is 5.75 Å². The van der Waals surface area contributed by atoms with Gasteiger partial charge in [-0.05, 0) is 63.3 Å². The summed E-state index contributed by atoms with van der Waals surface area (Å²) in [5.41, 5.74) is 3.80. The summed E-state index contributed by atoms with van der Waals surface area (Å²) in [6, 6.07) is 18.9. The third-order valence-corrected chi connectivity index (χ3v) is 4.61. The third kappa shape index (κ3) is 2.96. The predicted octanol–water partition coefficient (Wildman–Crippen LogP) is 5.80. The van der Waals surface area contributed by atoms with Gasteiger partial charge in [0.25, 0.3) is 0 Å². The zero-order chi connectivity index (χ0) is 14.8. The molecule has 0 radical (unpaired) electrons. The molecule has 0 aliphatic heterocycles. The van der Waals surface area contributed by atoms with E-state index in [2.05, 4.69) is 66.2 Å². The molecule has 0 spiro atoms. The molecule has 0 amide bonds. The van der Waals surface area contributed by atoms with Gasteiger partial charge < -0.3 is 4.74 Å². The number of aryl methyl sites for hydroxylation is 2. The van der Waals surface area contributed by atoms with Gasteiger partial charge in [-0.2, -0.15) is 0 Å². The number of halogens is 1. The molecule has 106 valence electrons. The second kappa shape index (κ2) is 5.90. The molecule has 0 aromatic heterocycles. The molecule has 0 unspecified atom stereocenters. The van der Waals surface area contributed by atoms with Gasteiger partial charge >= 0.3 is 0 Å². The quantitative estimate of drug-likeness (QED) is 0.585. The Morgan fingerprint density at radius 1 is 0.905 bits per heavy atom. The van der Waals surface area contributed by atoms with Crippen molar-refractivity contribution in [3.05, 3.63) is 75.8 Å². The van der Waals surface area contributed by atoms with Crippen molar-refractivity contribution in [3.8, 4) is 5.75 Å². The van der Waals surface area contributed by atoms with Crippen LogP contribution in [0.4, 0.5) is 0 Å². The first-order valence-electron chi connectivity index (χ1n) is 7.01. The van der Waals surface area contributed by atoms with E-state index in [1.165, 1.54) is 27.5 Å². The first-order valence-corrected chi connectivity index (χ1v) is 7.80. The van der Waals surface area contributed by atoms with Gasteiger partial charge in [-0.15, -0.1) is 0 Å². The van der Waals surface area contributed by atoms with Crippen molar-refractivity contribution in [2.45, 2.75) is 20.5 Å². The summed E-state index contributed by atoms with van der Waals surface area (Å²) in [6.45, 7) is 4.84. The zero-order valence-corrected chi connectivity index (χ0v) is 13.8. The molecule has 0 aliphatic carbocycles. The molecule has 3 aromatic carbocycles. The highest BCUT2D eigenvalue weighted by atomic mass is 79.9. The van der Waals surface area contributed by atoms with Crippen LogP contribution in [0.15, 0.2) is 59.1 Å². The molecule has 2 heteroatoms. The van der Waals surface area contributed by atoms with Crippen molar-refractivity contribution < 1.29 is 4.74 Å². The molecule has 3 rings (SSSR count). The fourth-order valence-electron chi connectivity index (χ4n) is 2.38. The summed E-state index contributed by atoms with van der Waals surface area (Å²) in [5, 5.41) is 2.39. The molecule has 3 aromatic rings. The summed E-state index contributed by atoms with van der Waals surface area (Å²) in [7, 11) is 0. The fourth-order valence-corrected chi connectivity index (χ4v) is 2.99. The van der Waals surface area contributed by atoms with Gasteiger partial charge in [-0.3, -0.25) is 0 Å². The van der Waals surface area contributed by atoms with E-state index in [0.717, 1.165) is 10.2 Å². The number of ether oxygens (including phenoxy) is 1. The number of hydrogen-bond acceptors (Lipinski definition) is 1. The molecule has 0 bridgehead atoms. The third-order valence-electron chi connectivity index (χ3n) is 3.79. The van der Waals surface area contributed by atoms with Crippen LogP contribution in [0.1, 0.15) is 16.7 Å². The van der Waals surface area contributed by atoms with Gasteiger partial charge in [0.05, 0.1) is 4.47 Å². The molecule has 0 atom stereocenters. The maximum Gasteiger partial charge on any atom is 0.134 e. The van der Waals surface area contributed by atoms with Gasteiger partial charge in [0, 0.05) is 0 Å². The number of rotatable bonds is 3. The number of benzene rings is 3. The van der Waals surface area contributed by atoms with E-state index in [4.69, 9.17) is 4.74 Å². The Balaban J connectivity index is 1.85. The van der Waals surface area contributed by atoms with E-state index in [-0.39, 0.29) is 0 Å². The average molecular weight is 341 g/mol. The van der Waals surface area contributed by atoms with Gasteiger partial charge in [0.15, 0.2) is 0 Å². The van der Waals surface area contributed by atoms with E-state index >= 15 is 0 Å². The van der Waals surface area contributed by atoms with Crippen LogP contribution in [0, 0.1) is 13.8 Å². The Bertz CT molecular complexity index is 793. The first-order chi connectivity index (χ1) is 10.1. The van der Waals surface area contributed by atoms with Gasteiger partial charge in [-0.25, -0.2) is 0 Å². The van der Waals surface area contributed by atoms with Crippen LogP contribution in [-0.2, 0) is 6.61 Å². The largest absolute Gasteiger partial charge is 0.488 e. The van der Waals surface area contributed by atoms with Crippen LogP contribution < -0.4 is 4.74 Å². The van der Waals surface area contributed by atoms with E-state index in [9.17, 15) is 0 Å².